The summed E-state index contributed by atoms with van der Waals surface area (Å²) in [6, 6.07) is 15.6. The lowest BCUT2D eigenvalue weighted by atomic mass is 10.0. The molecule has 1 aliphatic rings. The monoisotopic (exact) mass is 427 g/mol. The van der Waals surface area contributed by atoms with Gasteiger partial charge in [0.2, 0.25) is 0 Å². The van der Waals surface area contributed by atoms with E-state index in [1.54, 1.807) is 11.8 Å². The third-order valence-corrected chi connectivity index (χ3v) is 6.34. The number of para-hydroxylation sites is 1. The lowest BCUT2D eigenvalue weighted by Gasteiger charge is -2.23. The average molecular weight is 428 g/mol. The molecule has 2 heterocycles. The van der Waals surface area contributed by atoms with E-state index < -0.39 is 0 Å². The highest BCUT2D eigenvalue weighted by Gasteiger charge is 2.32. The van der Waals surface area contributed by atoms with E-state index in [9.17, 15) is 4.79 Å². The molecule has 0 spiro atoms. The SMILES string of the molecule is CC1=Nc2c(c(=O)[nH]n2C(C)C)[C@H](c2ccccc2OCc2ccccc2Cl)S1. The van der Waals surface area contributed by atoms with Crippen LogP contribution in [0.5, 0.6) is 5.75 Å². The second-order valence-corrected chi connectivity index (χ2v) is 8.89. The van der Waals surface area contributed by atoms with Gasteiger partial charge in [0, 0.05) is 22.2 Å². The van der Waals surface area contributed by atoms with Crippen molar-refractivity contribution in [1.29, 1.82) is 0 Å². The minimum atomic E-state index is -0.186. The van der Waals surface area contributed by atoms with Gasteiger partial charge in [-0.25, -0.2) is 4.99 Å². The van der Waals surface area contributed by atoms with Gasteiger partial charge in [-0.15, -0.1) is 0 Å². The van der Waals surface area contributed by atoms with Crippen molar-refractivity contribution in [1.82, 2.24) is 9.78 Å². The van der Waals surface area contributed by atoms with E-state index in [1.807, 2.05) is 74.0 Å². The molecule has 1 N–H and O–H groups in total. The van der Waals surface area contributed by atoms with Crippen molar-refractivity contribution in [3.05, 3.63) is 80.6 Å². The molecule has 1 atom stereocenters. The molecule has 3 aromatic rings. The van der Waals surface area contributed by atoms with E-state index in [-0.39, 0.29) is 16.9 Å². The highest BCUT2D eigenvalue weighted by molar-refractivity contribution is 8.14. The van der Waals surface area contributed by atoms with E-state index in [2.05, 4.69) is 10.1 Å². The van der Waals surface area contributed by atoms with E-state index in [1.165, 1.54) is 0 Å². The zero-order valence-corrected chi connectivity index (χ0v) is 18.1. The first-order valence-electron chi connectivity index (χ1n) is 9.47. The summed E-state index contributed by atoms with van der Waals surface area (Å²) < 4.78 is 7.98. The molecular formula is C22H22ClN3O2S. The van der Waals surface area contributed by atoms with Crippen LogP contribution in [0.1, 0.15) is 48.8 Å². The summed E-state index contributed by atoms with van der Waals surface area (Å²) in [5.41, 5.74) is 2.43. The van der Waals surface area contributed by atoms with Gasteiger partial charge in [0.25, 0.3) is 5.56 Å². The molecule has 0 bridgehead atoms. The lowest BCUT2D eigenvalue weighted by Crippen LogP contribution is -2.14. The van der Waals surface area contributed by atoms with Crippen molar-refractivity contribution in [2.45, 2.75) is 38.7 Å². The largest absolute Gasteiger partial charge is 0.489 e. The third kappa shape index (κ3) is 3.87. The maximum atomic E-state index is 12.8. The summed E-state index contributed by atoms with van der Waals surface area (Å²) in [6.45, 7) is 6.38. The highest BCUT2D eigenvalue weighted by Crippen LogP contribution is 2.46. The standard InChI is InChI=1S/C22H22ClN3O2S/c1-13(2)26-21-19(22(27)25-26)20(29-14(3)24-21)16-9-5-7-11-18(16)28-12-15-8-4-6-10-17(15)23/h4-11,13,20H,12H2,1-3H3,(H,25,27)/t20-/m0/s1. The lowest BCUT2D eigenvalue weighted by molar-refractivity contribution is 0.303. The smallest absolute Gasteiger partial charge is 0.271 e. The Kier molecular flexibility index (Phi) is 5.56. The number of nitrogens with one attached hydrogen (secondary N) is 1. The van der Waals surface area contributed by atoms with Crippen molar-refractivity contribution >= 4 is 34.2 Å². The first kappa shape index (κ1) is 19.9. The summed E-state index contributed by atoms with van der Waals surface area (Å²) >= 11 is 7.84. The Morgan fingerprint density at radius 3 is 2.69 bits per heavy atom. The maximum absolute atomic E-state index is 12.8. The maximum Gasteiger partial charge on any atom is 0.271 e. The molecule has 0 unspecified atom stereocenters. The van der Waals surface area contributed by atoms with Crippen LogP contribution in [0.4, 0.5) is 5.82 Å². The summed E-state index contributed by atoms with van der Waals surface area (Å²) in [7, 11) is 0. The van der Waals surface area contributed by atoms with Crippen molar-refractivity contribution in [2.75, 3.05) is 0 Å². The van der Waals surface area contributed by atoms with Crippen molar-refractivity contribution in [2.24, 2.45) is 4.99 Å². The Morgan fingerprint density at radius 1 is 1.21 bits per heavy atom. The molecule has 0 saturated heterocycles. The summed E-state index contributed by atoms with van der Waals surface area (Å²) in [5, 5.41) is 4.34. The highest BCUT2D eigenvalue weighted by atomic mass is 35.5. The summed E-state index contributed by atoms with van der Waals surface area (Å²) in [5.74, 6) is 1.44. The van der Waals surface area contributed by atoms with Gasteiger partial charge in [-0.1, -0.05) is 59.8 Å². The number of halogens is 1. The fourth-order valence-corrected chi connectivity index (χ4v) is 4.72. The Balaban J connectivity index is 1.73. The average Bonchev–Trinajstić information content (AvgIpc) is 3.04. The van der Waals surface area contributed by atoms with Crippen LogP contribution in [0.2, 0.25) is 5.02 Å². The molecule has 5 nitrogen and oxygen atoms in total. The van der Waals surface area contributed by atoms with E-state index in [0.717, 1.165) is 21.9 Å². The van der Waals surface area contributed by atoms with Gasteiger partial charge >= 0.3 is 0 Å². The zero-order valence-electron chi connectivity index (χ0n) is 16.5. The number of thioether (sulfide) groups is 1. The van der Waals surface area contributed by atoms with Gasteiger partial charge in [0.1, 0.15) is 12.4 Å². The fraction of sp³-hybridized carbons (Fsp3) is 0.273. The van der Waals surface area contributed by atoms with Crippen molar-refractivity contribution < 1.29 is 4.74 Å². The second-order valence-electron chi connectivity index (χ2n) is 7.19. The summed E-state index contributed by atoms with van der Waals surface area (Å²) in [4.78, 5) is 17.4. The number of H-pyrrole nitrogens is 1. The van der Waals surface area contributed by atoms with Crippen LogP contribution in [-0.4, -0.2) is 14.8 Å². The van der Waals surface area contributed by atoms with Crippen LogP contribution in [0.3, 0.4) is 0 Å². The molecule has 0 amide bonds. The van der Waals surface area contributed by atoms with Gasteiger partial charge in [-0.3, -0.25) is 14.6 Å². The number of nitrogens with zero attached hydrogens (tertiary/aromatic N) is 2. The number of hydrogen-bond acceptors (Lipinski definition) is 4. The molecule has 1 aliphatic heterocycles. The quantitative estimate of drug-likeness (QED) is 0.553. The third-order valence-electron chi connectivity index (χ3n) is 4.81. The number of ether oxygens (including phenoxy) is 1. The molecule has 2 aromatic carbocycles. The number of benzene rings is 2. The predicted molar refractivity (Wildman–Crippen MR) is 120 cm³/mol. The van der Waals surface area contributed by atoms with Gasteiger partial charge in [-0.05, 0) is 32.9 Å². The molecule has 4 rings (SSSR count). The number of aliphatic imine (C=N–C) groups is 1. The van der Waals surface area contributed by atoms with E-state index >= 15 is 0 Å². The Morgan fingerprint density at radius 2 is 1.93 bits per heavy atom. The van der Waals surface area contributed by atoms with E-state index in [0.29, 0.717) is 23.0 Å². The molecule has 29 heavy (non-hydrogen) atoms. The van der Waals surface area contributed by atoms with Crippen LogP contribution in [0.15, 0.2) is 58.3 Å². The molecule has 0 saturated carbocycles. The van der Waals surface area contributed by atoms with Gasteiger partial charge < -0.3 is 4.74 Å². The van der Waals surface area contributed by atoms with Gasteiger partial charge in [0.15, 0.2) is 5.82 Å². The fourth-order valence-electron chi connectivity index (χ4n) is 3.40. The number of aromatic amines is 1. The van der Waals surface area contributed by atoms with Gasteiger partial charge in [-0.2, -0.15) is 0 Å². The molecule has 0 fully saturated rings. The first-order chi connectivity index (χ1) is 14.0. The summed E-state index contributed by atoms with van der Waals surface area (Å²) in [6.07, 6.45) is 0. The Bertz CT molecular complexity index is 1130. The molecule has 0 aliphatic carbocycles. The minimum Gasteiger partial charge on any atom is -0.489 e. The van der Waals surface area contributed by atoms with Crippen LogP contribution < -0.4 is 10.3 Å². The Labute approximate surface area is 178 Å². The Hall–Kier alpha value is -2.44. The molecule has 1 aromatic heterocycles. The van der Waals surface area contributed by atoms with Crippen molar-refractivity contribution in [3.8, 4) is 5.75 Å². The molecule has 150 valence electrons. The van der Waals surface area contributed by atoms with Crippen molar-refractivity contribution in [3.63, 3.8) is 0 Å². The van der Waals surface area contributed by atoms with Gasteiger partial charge in [0.05, 0.1) is 15.9 Å². The minimum absolute atomic E-state index is 0.108. The van der Waals surface area contributed by atoms with Crippen LogP contribution in [0.25, 0.3) is 0 Å². The van der Waals surface area contributed by atoms with Crippen LogP contribution >= 0.6 is 23.4 Å². The number of aromatic nitrogens is 2. The molecular weight excluding hydrogens is 406 g/mol. The number of fused-ring (bicyclic) bond motifs is 1. The first-order valence-corrected chi connectivity index (χ1v) is 10.7. The number of rotatable bonds is 5. The topological polar surface area (TPSA) is 59.4 Å². The normalized spacial score (nSPS) is 15.9. The molecule has 7 heteroatoms. The number of hydrogen-bond donors (Lipinski definition) is 1. The van der Waals surface area contributed by atoms with E-state index in [4.69, 9.17) is 16.3 Å². The van der Waals surface area contributed by atoms with Crippen LogP contribution in [0, 0.1) is 0 Å². The van der Waals surface area contributed by atoms with Crippen LogP contribution in [-0.2, 0) is 6.61 Å². The molecule has 0 radical (unpaired) electrons. The second kappa shape index (κ2) is 8.13. The predicted octanol–water partition coefficient (Wildman–Crippen LogP) is 5.88. The zero-order chi connectivity index (χ0) is 20.5.